The number of hydrogen-bond acceptors (Lipinski definition) is 3. The van der Waals surface area contributed by atoms with Crippen LogP contribution in [-0.4, -0.2) is 10.9 Å². The summed E-state index contributed by atoms with van der Waals surface area (Å²) in [6.07, 6.45) is 0.770. The van der Waals surface area contributed by atoms with Crippen molar-refractivity contribution in [2.75, 3.05) is 5.32 Å². The van der Waals surface area contributed by atoms with E-state index >= 15 is 0 Å². The Kier molecular flexibility index (Phi) is 4.90. The Labute approximate surface area is 132 Å². The summed E-state index contributed by atoms with van der Waals surface area (Å²) in [7, 11) is 0. The van der Waals surface area contributed by atoms with E-state index in [9.17, 15) is 13.6 Å². The van der Waals surface area contributed by atoms with Crippen molar-refractivity contribution in [2.45, 2.75) is 39.0 Å². The van der Waals surface area contributed by atoms with Crippen LogP contribution in [0.1, 0.15) is 37.9 Å². The summed E-state index contributed by atoms with van der Waals surface area (Å²) < 4.78 is 25.9. The van der Waals surface area contributed by atoms with Crippen LogP contribution in [0.25, 0.3) is 0 Å². The molecule has 0 atom stereocenters. The molecule has 118 valence electrons. The number of nitrogens with one attached hydrogen (secondary N) is 1. The zero-order valence-corrected chi connectivity index (χ0v) is 13.6. The van der Waals surface area contributed by atoms with Crippen LogP contribution in [0.3, 0.4) is 0 Å². The van der Waals surface area contributed by atoms with Gasteiger partial charge in [0, 0.05) is 35.4 Å². The van der Waals surface area contributed by atoms with Gasteiger partial charge in [0.1, 0.15) is 0 Å². The van der Waals surface area contributed by atoms with Crippen LogP contribution in [0.4, 0.5) is 14.5 Å². The first-order valence-electron chi connectivity index (χ1n) is 6.95. The lowest BCUT2D eigenvalue weighted by Gasteiger charge is -2.14. The molecule has 1 N–H and O–H groups in total. The summed E-state index contributed by atoms with van der Waals surface area (Å²) >= 11 is 1.53. The number of thiazole rings is 1. The monoisotopic (exact) mass is 324 g/mol. The molecule has 0 fully saturated rings. The number of anilines is 1. The first kappa shape index (κ1) is 16.5. The molecule has 0 unspecified atom stereocenters. The van der Waals surface area contributed by atoms with Crippen LogP contribution in [0, 0.1) is 11.6 Å². The predicted molar refractivity (Wildman–Crippen MR) is 84.1 cm³/mol. The second-order valence-electron chi connectivity index (χ2n) is 6.05. The maximum Gasteiger partial charge on any atom is 0.224 e. The topological polar surface area (TPSA) is 42.0 Å². The highest BCUT2D eigenvalue weighted by Crippen LogP contribution is 2.24. The van der Waals surface area contributed by atoms with Gasteiger partial charge in [0.15, 0.2) is 11.6 Å². The number of hydrogen-bond donors (Lipinski definition) is 1. The number of aryl methyl sites for hydroxylation is 1. The van der Waals surface area contributed by atoms with E-state index in [1.54, 1.807) is 0 Å². The Balaban J connectivity index is 1.90. The zero-order valence-electron chi connectivity index (χ0n) is 12.7. The molecule has 0 saturated carbocycles. The molecule has 1 amide bonds. The number of amides is 1. The third-order valence-corrected chi connectivity index (χ3v) is 4.00. The molecule has 1 aromatic carbocycles. The Morgan fingerprint density at radius 3 is 2.59 bits per heavy atom. The number of aromatic nitrogens is 1. The van der Waals surface area contributed by atoms with E-state index in [1.807, 2.05) is 5.38 Å². The molecule has 0 aliphatic heterocycles. The lowest BCUT2D eigenvalue weighted by atomic mass is 9.93. The molecule has 1 heterocycles. The standard InChI is InChI=1S/C16H18F2N2OS/c1-16(2,3)13-9-22-15(20-13)7-6-14(21)19-10-4-5-11(17)12(18)8-10/h4-5,8-9H,6-7H2,1-3H3,(H,19,21). The molecule has 2 aromatic rings. The summed E-state index contributed by atoms with van der Waals surface area (Å²) in [4.78, 5) is 16.4. The van der Waals surface area contributed by atoms with Crippen molar-refractivity contribution < 1.29 is 13.6 Å². The van der Waals surface area contributed by atoms with E-state index in [2.05, 4.69) is 31.1 Å². The lowest BCUT2D eigenvalue weighted by Crippen LogP contribution is -2.13. The number of benzene rings is 1. The van der Waals surface area contributed by atoms with Gasteiger partial charge in [-0.2, -0.15) is 0 Å². The smallest absolute Gasteiger partial charge is 0.224 e. The van der Waals surface area contributed by atoms with Crippen LogP contribution in [0.2, 0.25) is 0 Å². The van der Waals surface area contributed by atoms with Crippen LogP contribution in [0.5, 0.6) is 0 Å². The average Bonchev–Trinajstić information content (AvgIpc) is 2.89. The molecule has 0 aliphatic carbocycles. The van der Waals surface area contributed by atoms with Gasteiger partial charge in [-0.25, -0.2) is 13.8 Å². The number of halogens is 2. The highest BCUT2D eigenvalue weighted by molar-refractivity contribution is 7.09. The number of carbonyl (C=O) groups is 1. The van der Waals surface area contributed by atoms with E-state index in [1.165, 1.54) is 17.4 Å². The number of rotatable bonds is 4. The lowest BCUT2D eigenvalue weighted by molar-refractivity contribution is -0.116. The summed E-state index contributed by atoms with van der Waals surface area (Å²) in [5, 5.41) is 5.44. The van der Waals surface area contributed by atoms with Crippen LogP contribution in [-0.2, 0) is 16.6 Å². The second kappa shape index (κ2) is 6.52. The third kappa shape index (κ3) is 4.34. The van der Waals surface area contributed by atoms with Crippen molar-refractivity contribution in [1.29, 1.82) is 0 Å². The molecule has 6 heteroatoms. The average molecular weight is 324 g/mol. The molecule has 22 heavy (non-hydrogen) atoms. The minimum Gasteiger partial charge on any atom is -0.326 e. The van der Waals surface area contributed by atoms with Gasteiger partial charge in [-0.3, -0.25) is 4.79 Å². The fourth-order valence-electron chi connectivity index (χ4n) is 1.79. The first-order valence-corrected chi connectivity index (χ1v) is 7.83. The third-order valence-electron chi connectivity index (χ3n) is 3.09. The summed E-state index contributed by atoms with van der Waals surface area (Å²) in [5.74, 6) is -2.17. The van der Waals surface area contributed by atoms with Gasteiger partial charge in [-0.05, 0) is 12.1 Å². The molecule has 3 nitrogen and oxygen atoms in total. The van der Waals surface area contributed by atoms with E-state index < -0.39 is 11.6 Å². The Hall–Kier alpha value is -1.82. The largest absolute Gasteiger partial charge is 0.326 e. The zero-order chi connectivity index (χ0) is 16.3. The Morgan fingerprint density at radius 1 is 1.27 bits per heavy atom. The van der Waals surface area contributed by atoms with Gasteiger partial charge >= 0.3 is 0 Å². The number of nitrogens with zero attached hydrogens (tertiary/aromatic N) is 1. The van der Waals surface area contributed by atoms with Crippen molar-refractivity contribution >= 4 is 22.9 Å². The van der Waals surface area contributed by atoms with Gasteiger partial charge in [0.25, 0.3) is 0 Å². The predicted octanol–water partition coefficient (Wildman–Crippen LogP) is 4.29. The van der Waals surface area contributed by atoms with Crippen LogP contribution >= 0.6 is 11.3 Å². The molecule has 0 bridgehead atoms. The van der Waals surface area contributed by atoms with Crippen molar-refractivity contribution in [3.8, 4) is 0 Å². The summed E-state index contributed by atoms with van der Waals surface area (Å²) in [5.41, 5.74) is 1.25. The minimum atomic E-state index is -0.979. The second-order valence-corrected chi connectivity index (χ2v) is 7.00. The maximum atomic E-state index is 13.1. The van der Waals surface area contributed by atoms with Gasteiger partial charge in [-0.15, -0.1) is 11.3 Å². The molecule has 1 aromatic heterocycles. The highest BCUT2D eigenvalue weighted by Gasteiger charge is 2.17. The van der Waals surface area contributed by atoms with Crippen molar-refractivity contribution in [2.24, 2.45) is 0 Å². The SMILES string of the molecule is CC(C)(C)c1csc(CCC(=O)Nc2ccc(F)c(F)c2)n1. The highest BCUT2D eigenvalue weighted by atomic mass is 32.1. The van der Waals surface area contributed by atoms with Crippen molar-refractivity contribution in [3.63, 3.8) is 0 Å². The molecule has 0 saturated heterocycles. The summed E-state index contributed by atoms with van der Waals surface area (Å²) in [6.45, 7) is 6.25. The minimum absolute atomic E-state index is 0.0113. The Morgan fingerprint density at radius 2 is 2.00 bits per heavy atom. The number of carbonyl (C=O) groups excluding carboxylic acids is 1. The quantitative estimate of drug-likeness (QED) is 0.911. The van der Waals surface area contributed by atoms with Gasteiger partial charge in [0.2, 0.25) is 5.91 Å². The van der Waals surface area contributed by atoms with E-state index in [0.29, 0.717) is 6.42 Å². The van der Waals surface area contributed by atoms with E-state index in [-0.39, 0.29) is 23.4 Å². The normalized spacial score (nSPS) is 11.5. The van der Waals surface area contributed by atoms with E-state index in [0.717, 1.165) is 22.8 Å². The van der Waals surface area contributed by atoms with Gasteiger partial charge in [0.05, 0.1) is 10.7 Å². The first-order chi connectivity index (χ1) is 10.3. The maximum absolute atomic E-state index is 13.1. The van der Waals surface area contributed by atoms with Crippen molar-refractivity contribution in [1.82, 2.24) is 4.98 Å². The molecule has 0 aliphatic rings. The molecule has 0 spiro atoms. The van der Waals surface area contributed by atoms with Crippen LogP contribution in [0.15, 0.2) is 23.6 Å². The summed E-state index contributed by atoms with van der Waals surface area (Å²) in [6, 6.07) is 3.28. The van der Waals surface area contributed by atoms with Gasteiger partial charge in [-0.1, -0.05) is 20.8 Å². The van der Waals surface area contributed by atoms with Crippen LogP contribution < -0.4 is 5.32 Å². The Bertz CT molecular complexity index is 677. The fraction of sp³-hybridized carbons (Fsp3) is 0.375. The molecule has 2 rings (SSSR count). The molecule has 0 radical (unpaired) electrons. The molecular weight excluding hydrogens is 306 g/mol. The van der Waals surface area contributed by atoms with E-state index in [4.69, 9.17) is 0 Å². The van der Waals surface area contributed by atoms with Gasteiger partial charge < -0.3 is 5.32 Å². The fourth-order valence-corrected chi connectivity index (χ4v) is 2.81. The molecular formula is C16H18F2N2OS. The van der Waals surface area contributed by atoms with Crippen molar-refractivity contribution in [3.05, 3.63) is 45.9 Å².